The molecule has 0 saturated heterocycles. The van der Waals surface area contributed by atoms with Crippen LogP contribution in [0.4, 0.5) is 0 Å². The maximum atomic E-state index is 11.7. The minimum Gasteiger partial charge on any atom is -0.481 e. The van der Waals surface area contributed by atoms with E-state index in [4.69, 9.17) is 5.11 Å². The minimum absolute atomic E-state index is 0.105. The molecule has 2 rings (SSSR count). The van der Waals surface area contributed by atoms with Crippen molar-refractivity contribution in [2.45, 2.75) is 70.3 Å². The van der Waals surface area contributed by atoms with E-state index in [1.807, 2.05) is 0 Å². The van der Waals surface area contributed by atoms with Gasteiger partial charge in [0.25, 0.3) is 0 Å². The predicted molar refractivity (Wildman–Crippen MR) is 72.7 cm³/mol. The molecule has 108 valence electrons. The van der Waals surface area contributed by atoms with Crippen LogP contribution in [-0.2, 0) is 9.59 Å². The largest absolute Gasteiger partial charge is 0.481 e. The van der Waals surface area contributed by atoms with Gasteiger partial charge in [0.2, 0.25) is 5.91 Å². The average molecular weight is 267 g/mol. The Morgan fingerprint density at radius 2 is 1.74 bits per heavy atom. The van der Waals surface area contributed by atoms with Crippen molar-refractivity contribution in [1.82, 2.24) is 5.32 Å². The number of unbranched alkanes of at least 4 members (excludes halogenated alkanes) is 1. The lowest BCUT2D eigenvalue weighted by molar-refractivity contribution is -0.137. The molecule has 1 amide bonds. The Bertz CT molecular complexity index is 323. The van der Waals surface area contributed by atoms with Gasteiger partial charge < -0.3 is 10.4 Å². The van der Waals surface area contributed by atoms with Gasteiger partial charge in [-0.1, -0.05) is 32.1 Å². The van der Waals surface area contributed by atoms with Crippen LogP contribution in [0, 0.1) is 11.8 Å². The molecular weight excluding hydrogens is 242 g/mol. The number of carboxylic acids is 1. The number of hydrogen-bond donors (Lipinski definition) is 2. The van der Waals surface area contributed by atoms with E-state index in [1.165, 1.54) is 32.1 Å². The molecule has 0 radical (unpaired) electrons. The molecule has 0 aromatic carbocycles. The van der Waals surface area contributed by atoms with Crippen molar-refractivity contribution >= 4 is 11.9 Å². The number of hydrogen-bond acceptors (Lipinski definition) is 2. The third-order valence-electron chi connectivity index (χ3n) is 4.49. The summed E-state index contributed by atoms with van der Waals surface area (Å²) in [5.41, 5.74) is 0. The first-order chi connectivity index (χ1) is 9.16. The van der Waals surface area contributed by atoms with Crippen molar-refractivity contribution in [3.63, 3.8) is 0 Å². The van der Waals surface area contributed by atoms with Crippen LogP contribution in [0.1, 0.15) is 64.2 Å². The molecule has 4 nitrogen and oxygen atoms in total. The molecule has 2 aliphatic carbocycles. The molecule has 0 heterocycles. The second-order valence-electron chi connectivity index (χ2n) is 6.07. The summed E-state index contributed by atoms with van der Waals surface area (Å²) in [6.07, 6.45) is 9.86. The van der Waals surface area contributed by atoms with Crippen LogP contribution in [0.3, 0.4) is 0 Å². The van der Waals surface area contributed by atoms with E-state index in [0.717, 1.165) is 18.3 Å². The molecular formula is C15H25NO3. The van der Waals surface area contributed by atoms with Gasteiger partial charge in [0.15, 0.2) is 0 Å². The molecule has 19 heavy (non-hydrogen) atoms. The first kappa shape index (κ1) is 14.4. The van der Waals surface area contributed by atoms with Crippen LogP contribution in [0.5, 0.6) is 0 Å². The lowest BCUT2D eigenvalue weighted by atomic mass is 9.85. The van der Waals surface area contributed by atoms with Crippen molar-refractivity contribution in [3.05, 3.63) is 0 Å². The standard InChI is InChI=1S/C15H25NO3/c17-14(8-4-5-9-15(18)19)16-13-10-12(13)11-6-2-1-3-7-11/h11-13H,1-10H2,(H,16,17)(H,18,19). The van der Waals surface area contributed by atoms with Gasteiger partial charge in [-0.2, -0.15) is 0 Å². The lowest BCUT2D eigenvalue weighted by Gasteiger charge is -2.21. The van der Waals surface area contributed by atoms with Gasteiger partial charge in [-0.3, -0.25) is 9.59 Å². The fourth-order valence-electron chi connectivity index (χ4n) is 3.30. The fourth-order valence-corrected chi connectivity index (χ4v) is 3.30. The smallest absolute Gasteiger partial charge is 0.303 e. The molecule has 2 aliphatic rings. The monoisotopic (exact) mass is 267 g/mol. The Labute approximate surface area is 115 Å². The molecule has 0 aliphatic heterocycles. The molecule has 2 atom stereocenters. The number of amides is 1. The van der Waals surface area contributed by atoms with Gasteiger partial charge in [-0.15, -0.1) is 0 Å². The van der Waals surface area contributed by atoms with Crippen LogP contribution in [-0.4, -0.2) is 23.0 Å². The number of nitrogens with one attached hydrogen (secondary N) is 1. The highest BCUT2D eigenvalue weighted by atomic mass is 16.4. The molecule has 2 N–H and O–H groups in total. The van der Waals surface area contributed by atoms with Gasteiger partial charge in [-0.05, 0) is 31.1 Å². The Morgan fingerprint density at radius 1 is 1.05 bits per heavy atom. The SMILES string of the molecule is O=C(O)CCCCC(=O)NC1CC1C1CCCCC1. The van der Waals surface area contributed by atoms with Gasteiger partial charge >= 0.3 is 5.97 Å². The Morgan fingerprint density at radius 3 is 2.42 bits per heavy atom. The summed E-state index contributed by atoms with van der Waals surface area (Å²) in [5.74, 6) is 0.892. The van der Waals surface area contributed by atoms with Gasteiger partial charge in [0, 0.05) is 18.9 Å². The Balaban J connectivity index is 1.55. The molecule has 2 unspecified atom stereocenters. The van der Waals surface area contributed by atoms with E-state index >= 15 is 0 Å². The molecule has 2 saturated carbocycles. The van der Waals surface area contributed by atoms with E-state index in [2.05, 4.69) is 5.32 Å². The second kappa shape index (κ2) is 6.92. The highest BCUT2D eigenvalue weighted by Gasteiger charge is 2.43. The molecule has 0 spiro atoms. The zero-order chi connectivity index (χ0) is 13.7. The predicted octanol–water partition coefficient (Wildman–Crippen LogP) is 2.72. The topological polar surface area (TPSA) is 66.4 Å². The van der Waals surface area contributed by atoms with Crippen molar-refractivity contribution in [3.8, 4) is 0 Å². The van der Waals surface area contributed by atoms with E-state index in [9.17, 15) is 9.59 Å². The van der Waals surface area contributed by atoms with Crippen molar-refractivity contribution in [2.24, 2.45) is 11.8 Å². The summed E-state index contributed by atoms with van der Waals surface area (Å²) in [7, 11) is 0. The van der Waals surface area contributed by atoms with Gasteiger partial charge in [0.05, 0.1) is 0 Å². The first-order valence-corrected chi connectivity index (χ1v) is 7.68. The van der Waals surface area contributed by atoms with Crippen LogP contribution < -0.4 is 5.32 Å². The molecule has 0 aromatic heterocycles. The average Bonchev–Trinajstić information content (AvgIpc) is 3.15. The summed E-state index contributed by atoms with van der Waals surface area (Å²) in [4.78, 5) is 22.1. The Kier molecular flexibility index (Phi) is 5.23. The van der Waals surface area contributed by atoms with Crippen molar-refractivity contribution in [2.75, 3.05) is 0 Å². The molecule has 0 aromatic rings. The number of aliphatic carboxylic acids is 1. The van der Waals surface area contributed by atoms with Gasteiger partial charge in [-0.25, -0.2) is 0 Å². The summed E-state index contributed by atoms with van der Waals surface area (Å²) >= 11 is 0. The van der Waals surface area contributed by atoms with E-state index in [-0.39, 0.29) is 12.3 Å². The third kappa shape index (κ3) is 4.84. The maximum Gasteiger partial charge on any atom is 0.303 e. The fraction of sp³-hybridized carbons (Fsp3) is 0.867. The van der Waals surface area contributed by atoms with Crippen LogP contribution in [0.15, 0.2) is 0 Å². The highest BCUT2D eigenvalue weighted by Crippen LogP contribution is 2.44. The van der Waals surface area contributed by atoms with Crippen LogP contribution >= 0.6 is 0 Å². The normalized spacial score (nSPS) is 26.9. The van der Waals surface area contributed by atoms with E-state index in [0.29, 0.717) is 25.3 Å². The second-order valence-corrected chi connectivity index (χ2v) is 6.07. The Hall–Kier alpha value is -1.06. The maximum absolute atomic E-state index is 11.7. The van der Waals surface area contributed by atoms with Crippen molar-refractivity contribution < 1.29 is 14.7 Å². The molecule has 4 heteroatoms. The molecule has 2 fully saturated rings. The quantitative estimate of drug-likeness (QED) is 0.697. The zero-order valence-electron chi connectivity index (χ0n) is 11.6. The summed E-state index contributed by atoms with van der Waals surface area (Å²) in [6, 6.07) is 0.412. The summed E-state index contributed by atoms with van der Waals surface area (Å²) in [5, 5.41) is 11.6. The molecule has 0 bridgehead atoms. The van der Waals surface area contributed by atoms with Crippen molar-refractivity contribution in [1.29, 1.82) is 0 Å². The highest BCUT2D eigenvalue weighted by molar-refractivity contribution is 5.76. The van der Waals surface area contributed by atoms with E-state index < -0.39 is 5.97 Å². The summed E-state index contributed by atoms with van der Waals surface area (Å²) < 4.78 is 0. The van der Waals surface area contributed by atoms with E-state index in [1.54, 1.807) is 0 Å². The summed E-state index contributed by atoms with van der Waals surface area (Å²) in [6.45, 7) is 0. The zero-order valence-corrected chi connectivity index (χ0v) is 11.6. The van der Waals surface area contributed by atoms with Crippen LogP contribution in [0.25, 0.3) is 0 Å². The third-order valence-corrected chi connectivity index (χ3v) is 4.49. The lowest BCUT2D eigenvalue weighted by Crippen LogP contribution is -2.28. The first-order valence-electron chi connectivity index (χ1n) is 7.68. The van der Waals surface area contributed by atoms with Crippen LogP contribution in [0.2, 0.25) is 0 Å². The van der Waals surface area contributed by atoms with Gasteiger partial charge in [0.1, 0.15) is 0 Å². The number of carboxylic acid groups (broad SMARTS) is 1. The number of rotatable bonds is 7. The number of carbonyl (C=O) groups excluding carboxylic acids is 1. The minimum atomic E-state index is -0.778. The number of carbonyl (C=O) groups is 2.